The quantitative estimate of drug-likeness (QED) is 0.737. The zero-order valence-electron chi connectivity index (χ0n) is 14.7. The van der Waals surface area contributed by atoms with E-state index in [9.17, 15) is 4.79 Å². The Bertz CT molecular complexity index is 981. The van der Waals surface area contributed by atoms with Crippen molar-refractivity contribution in [3.05, 3.63) is 41.0 Å². The minimum absolute atomic E-state index is 0.103. The summed E-state index contributed by atoms with van der Waals surface area (Å²) in [6.45, 7) is 3.26. The van der Waals surface area contributed by atoms with E-state index in [1.54, 1.807) is 6.20 Å². The third kappa shape index (κ3) is 2.67. The first-order valence-corrected chi connectivity index (χ1v) is 9.33. The molecule has 0 spiro atoms. The van der Waals surface area contributed by atoms with Gasteiger partial charge in [0.15, 0.2) is 0 Å². The molecule has 3 aromatic rings. The minimum Gasteiger partial charge on any atom is -0.346 e. The fourth-order valence-corrected chi connectivity index (χ4v) is 3.46. The lowest BCUT2D eigenvalue weighted by molar-refractivity contribution is 0.0951. The predicted molar refractivity (Wildman–Crippen MR) is 94.8 cm³/mol. The fraction of sp³-hybridized carbons (Fsp3) is 0.474. The van der Waals surface area contributed by atoms with Crippen molar-refractivity contribution < 1.29 is 9.32 Å². The molecule has 2 aliphatic rings. The average molecular weight is 351 g/mol. The highest BCUT2D eigenvalue weighted by atomic mass is 16.5. The normalized spacial score (nSPS) is 17.0. The summed E-state index contributed by atoms with van der Waals surface area (Å²) < 4.78 is 7.37. The van der Waals surface area contributed by atoms with Crippen LogP contribution in [-0.4, -0.2) is 25.8 Å². The first-order valence-electron chi connectivity index (χ1n) is 9.33. The van der Waals surface area contributed by atoms with E-state index in [1.807, 2.05) is 23.7 Å². The number of amides is 1. The van der Waals surface area contributed by atoms with Crippen molar-refractivity contribution in [2.45, 2.75) is 57.5 Å². The SMILES string of the molecule is CCn1nccc1CNC(=O)c1cc(C2CC2)nc2onc(C3CC3)c12. The van der Waals surface area contributed by atoms with Gasteiger partial charge in [-0.2, -0.15) is 5.10 Å². The second kappa shape index (κ2) is 5.93. The van der Waals surface area contributed by atoms with E-state index in [4.69, 9.17) is 4.52 Å². The Balaban J connectivity index is 1.49. The summed E-state index contributed by atoms with van der Waals surface area (Å²) in [4.78, 5) is 17.6. The zero-order chi connectivity index (χ0) is 17.7. The Labute approximate surface area is 150 Å². The third-order valence-electron chi connectivity index (χ3n) is 5.23. The first kappa shape index (κ1) is 15.5. The predicted octanol–water partition coefficient (Wildman–Crippen LogP) is 3.12. The van der Waals surface area contributed by atoms with Crippen LogP contribution in [0.5, 0.6) is 0 Å². The smallest absolute Gasteiger partial charge is 0.259 e. The molecule has 3 aromatic heterocycles. The third-order valence-corrected chi connectivity index (χ3v) is 5.23. The lowest BCUT2D eigenvalue weighted by Gasteiger charge is -2.09. The monoisotopic (exact) mass is 351 g/mol. The number of hydrogen-bond acceptors (Lipinski definition) is 5. The number of nitrogens with zero attached hydrogens (tertiary/aromatic N) is 4. The minimum atomic E-state index is -0.103. The molecule has 1 amide bonds. The summed E-state index contributed by atoms with van der Waals surface area (Å²) in [5, 5.41) is 12.3. The van der Waals surface area contributed by atoms with Crippen LogP contribution in [0.2, 0.25) is 0 Å². The Morgan fingerprint density at radius 3 is 2.85 bits per heavy atom. The van der Waals surface area contributed by atoms with E-state index in [2.05, 4.69) is 20.6 Å². The van der Waals surface area contributed by atoms with Crippen LogP contribution in [0, 0.1) is 0 Å². The van der Waals surface area contributed by atoms with E-state index < -0.39 is 0 Å². The summed E-state index contributed by atoms with van der Waals surface area (Å²) in [5.74, 6) is 0.744. The molecule has 0 radical (unpaired) electrons. The molecule has 0 bridgehead atoms. The molecule has 1 N–H and O–H groups in total. The van der Waals surface area contributed by atoms with Gasteiger partial charge in [0.25, 0.3) is 11.6 Å². The maximum absolute atomic E-state index is 13.0. The van der Waals surface area contributed by atoms with E-state index >= 15 is 0 Å². The number of hydrogen-bond donors (Lipinski definition) is 1. The average Bonchev–Trinajstić information content (AvgIpc) is 3.59. The molecule has 7 heteroatoms. The van der Waals surface area contributed by atoms with Crippen LogP contribution in [0.1, 0.15) is 71.9 Å². The van der Waals surface area contributed by atoms with Crippen LogP contribution in [0.15, 0.2) is 22.9 Å². The maximum atomic E-state index is 13.0. The zero-order valence-corrected chi connectivity index (χ0v) is 14.7. The Hall–Kier alpha value is -2.70. The van der Waals surface area contributed by atoms with E-state index in [0.29, 0.717) is 29.7 Å². The van der Waals surface area contributed by atoms with Gasteiger partial charge in [-0.15, -0.1) is 0 Å². The lowest BCUT2D eigenvalue weighted by Crippen LogP contribution is -2.25. The van der Waals surface area contributed by atoms with Crippen molar-refractivity contribution in [2.75, 3.05) is 0 Å². The van der Waals surface area contributed by atoms with Gasteiger partial charge in [-0.05, 0) is 44.7 Å². The van der Waals surface area contributed by atoms with Crippen molar-refractivity contribution >= 4 is 17.0 Å². The number of fused-ring (bicyclic) bond motifs is 1. The highest BCUT2D eigenvalue weighted by molar-refractivity contribution is 6.06. The molecule has 2 saturated carbocycles. The number of nitrogens with one attached hydrogen (secondary N) is 1. The fourth-order valence-electron chi connectivity index (χ4n) is 3.46. The van der Waals surface area contributed by atoms with Crippen LogP contribution < -0.4 is 5.32 Å². The molecule has 0 saturated heterocycles. The van der Waals surface area contributed by atoms with E-state index in [1.165, 1.54) is 0 Å². The van der Waals surface area contributed by atoms with Gasteiger partial charge in [0.2, 0.25) is 0 Å². The summed E-state index contributed by atoms with van der Waals surface area (Å²) in [6.07, 6.45) is 6.20. The molecule has 26 heavy (non-hydrogen) atoms. The molecule has 3 heterocycles. The van der Waals surface area contributed by atoms with Crippen LogP contribution in [-0.2, 0) is 13.1 Å². The number of aryl methyl sites for hydroxylation is 1. The molecule has 2 aliphatic carbocycles. The second-order valence-electron chi connectivity index (χ2n) is 7.21. The molecule has 0 aliphatic heterocycles. The van der Waals surface area contributed by atoms with Crippen molar-refractivity contribution in [1.29, 1.82) is 0 Å². The van der Waals surface area contributed by atoms with Gasteiger partial charge in [0.1, 0.15) is 0 Å². The van der Waals surface area contributed by atoms with Crippen LogP contribution in [0.3, 0.4) is 0 Å². The van der Waals surface area contributed by atoms with Gasteiger partial charge < -0.3 is 9.84 Å². The van der Waals surface area contributed by atoms with Gasteiger partial charge >= 0.3 is 0 Å². The molecule has 0 aromatic carbocycles. The number of carbonyl (C=O) groups is 1. The lowest BCUT2D eigenvalue weighted by atomic mass is 10.1. The van der Waals surface area contributed by atoms with Crippen LogP contribution >= 0.6 is 0 Å². The molecular formula is C19H21N5O2. The van der Waals surface area contributed by atoms with Crippen molar-refractivity contribution in [3.8, 4) is 0 Å². The van der Waals surface area contributed by atoms with Gasteiger partial charge in [-0.3, -0.25) is 9.48 Å². The number of aromatic nitrogens is 4. The summed E-state index contributed by atoms with van der Waals surface area (Å²) in [6, 6.07) is 3.87. The molecule has 134 valence electrons. The van der Waals surface area contributed by atoms with Crippen molar-refractivity contribution in [3.63, 3.8) is 0 Å². The summed E-state index contributed by atoms with van der Waals surface area (Å²) >= 11 is 0. The Morgan fingerprint density at radius 1 is 1.31 bits per heavy atom. The van der Waals surface area contributed by atoms with Gasteiger partial charge in [-0.25, -0.2) is 4.98 Å². The standard InChI is InChI=1S/C19H21N5O2/c1-2-24-13(7-8-21-24)10-20-18(25)14-9-15(11-3-4-11)22-19-16(14)17(23-26-19)12-5-6-12/h7-9,11-12H,2-6,10H2,1H3,(H,20,25). The molecular weight excluding hydrogens is 330 g/mol. The number of carbonyl (C=O) groups excluding carboxylic acids is 1. The molecule has 5 rings (SSSR count). The van der Waals surface area contributed by atoms with Crippen LogP contribution in [0.25, 0.3) is 11.1 Å². The van der Waals surface area contributed by atoms with Gasteiger partial charge in [0.05, 0.1) is 28.9 Å². The van der Waals surface area contributed by atoms with Gasteiger partial charge in [0, 0.05) is 30.3 Å². The highest BCUT2D eigenvalue weighted by Crippen LogP contribution is 2.45. The largest absolute Gasteiger partial charge is 0.346 e. The Morgan fingerprint density at radius 2 is 2.12 bits per heavy atom. The second-order valence-corrected chi connectivity index (χ2v) is 7.21. The number of rotatable bonds is 6. The molecule has 7 nitrogen and oxygen atoms in total. The number of pyridine rings is 1. The first-order chi connectivity index (χ1) is 12.7. The summed E-state index contributed by atoms with van der Waals surface area (Å²) in [7, 11) is 0. The van der Waals surface area contributed by atoms with Crippen molar-refractivity contribution in [2.24, 2.45) is 0 Å². The van der Waals surface area contributed by atoms with Crippen molar-refractivity contribution in [1.82, 2.24) is 25.2 Å². The van der Waals surface area contributed by atoms with Crippen LogP contribution in [0.4, 0.5) is 0 Å². The maximum Gasteiger partial charge on any atom is 0.259 e. The summed E-state index contributed by atoms with van der Waals surface area (Å²) in [5.41, 5.74) is 3.96. The van der Waals surface area contributed by atoms with Gasteiger partial charge in [-0.1, -0.05) is 5.16 Å². The topological polar surface area (TPSA) is 85.8 Å². The highest BCUT2D eigenvalue weighted by Gasteiger charge is 2.34. The molecule has 0 unspecified atom stereocenters. The van der Waals surface area contributed by atoms with E-state index in [0.717, 1.165) is 54.7 Å². The Kier molecular flexibility index (Phi) is 3.55. The van der Waals surface area contributed by atoms with E-state index in [-0.39, 0.29) is 5.91 Å². The molecule has 2 fully saturated rings. The molecule has 0 atom stereocenters.